The molecule has 2 saturated heterocycles. The van der Waals surface area contributed by atoms with Crippen molar-refractivity contribution in [3.63, 3.8) is 0 Å². The summed E-state index contributed by atoms with van der Waals surface area (Å²) >= 11 is 1.57. The maximum atomic E-state index is 12.5. The number of hydrogen-bond acceptors (Lipinski definition) is 5. The van der Waals surface area contributed by atoms with Gasteiger partial charge in [-0.05, 0) is 19.3 Å². The Labute approximate surface area is 157 Å². The fourth-order valence-corrected chi connectivity index (χ4v) is 4.44. The van der Waals surface area contributed by atoms with E-state index in [4.69, 9.17) is 0 Å². The van der Waals surface area contributed by atoms with Gasteiger partial charge in [0, 0.05) is 57.0 Å². The number of carbonyl (C=O) groups is 2. The third-order valence-corrected chi connectivity index (χ3v) is 6.04. The molecule has 2 amide bonds. The number of fused-ring (bicyclic) bond motifs is 1. The Bertz CT molecular complexity index is 743. The van der Waals surface area contributed by atoms with Crippen molar-refractivity contribution in [1.82, 2.24) is 24.1 Å². The van der Waals surface area contributed by atoms with Gasteiger partial charge in [0.2, 0.25) is 11.8 Å². The molecule has 140 valence electrons. The van der Waals surface area contributed by atoms with Gasteiger partial charge in [0.25, 0.3) is 0 Å². The Morgan fingerprint density at radius 2 is 1.69 bits per heavy atom. The molecule has 2 aliphatic heterocycles. The van der Waals surface area contributed by atoms with Crippen molar-refractivity contribution in [2.24, 2.45) is 0 Å². The van der Waals surface area contributed by atoms with E-state index < -0.39 is 0 Å². The van der Waals surface area contributed by atoms with E-state index in [1.165, 1.54) is 6.42 Å². The molecular weight excluding hydrogens is 350 g/mol. The first-order valence-corrected chi connectivity index (χ1v) is 10.3. The second-order valence-electron chi connectivity index (χ2n) is 7.10. The van der Waals surface area contributed by atoms with Crippen molar-refractivity contribution < 1.29 is 9.59 Å². The summed E-state index contributed by atoms with van der Waals surface area (Å²) in [5.74, 6) is 0.361. The van der Waals surface area contributed by atoms with Gasteiger partial charge < -0.3 is 9.80 Å². The minimum atomic E-state index is 0.123. The van der Waals surface area contributed by atoms with Gasteiger partial charge >= 0.3 is 0 Å². The molecule has 8 heteroatoms. The smallest absolute Gasteiger partial charge is 0.236 e. The van der Waals surface area contributed by atoms with Crippen molar-refractivity contribution in [1.29, 1.82) is 0 Å². The topological polar surface area (TPSA) is 61.2 Å². The molecule has 4 rings (SSSR count). The van der Waals surface area contributed by atoms with Gasteiger partial charge in [0.15, 0.2) is 4.96 Å². The third-order valence-electron chi connectivity index (χ3n) is 5.27. The molecule has 0 bridgehead atoms. The van der Waals surface area contributed by atoms with Crippen molar-refractivity contribution in [3.8, 4) is 0 Å². The molecular formula is C18H25N5O2S. The second kappa shape index (κ2) is 7.75. The molecule has 2 aromatic heterocycles. The first-order chi connectivity index (χ1) is 12.7. The predicted molar refractivity (Wildman–Crippen MR) is 100 cm³/mol. The third kappa shape index (κ3) is 3.91. The summed E-state index contributed by atoms with van der Waals surface area (Å²) in [5, 5.41) is 1.98. The van der Waals surface area contributed by atoms with Crippen LogP contribution in [-0.2, 0) is 16.0 Å². The number of aromatic nitrogens is 2. The molecule has 2 aromatic rings. The maximum absolute atomic E-state index is 12.5. The fourth-order valence-electron chi connectivity index (χ4n) is 3.72. The molecule has 0 unspecified atom stereocenters. The van der Waals surface area contributed by atoms with Crippen LogP contribution in [0, 0.1) is 0 Å². The summed E-state index contributed by atoms with van der Waals surface area (Å²) < 4.78 is 1.96. The number of imidazole rings is 1. The zero-order chi connectivity index (χ0) is 17.9. The number of piperidine rings is 1. The zero-order valence-electron chi connectivity index (χ0n) is 15.0. The van der Waals surface area contributed by atoms with Crippen LogP contribution in [0.2, 0.25) is 0 Å². The van der Waals surface area contributed by atoms with E-state index in [1.54, 1.807) is 11.3 Å². The van der Waals surface area contributed by atoms with Crippen LogP contribution >= 0.6 is 11.3 Å². The molecule has 0 N–H and O–H groups in total. The number of nitrogens with zero attached hydrogens (tertiary/aromatic N) is 5. The lowest BCUT2D eigenvalue weighted by atomic mass is 10.1. The van der Waals surface area contributed by atoms with E-state index >= 15 is 0 Å². The summed E-state index contributed by atoms with van der Waals surface area (Å²) in [5.41, 5.74) is 0.824. The summed E-state index contributed by atoms with van der Waals surface area (Å²) in [4.78, 5) is 36.4. The molecule has 26 heavy (non-hydrogen) atoms. The van der Waals surface area contributed by atoms with Crippen LogP contribution in [0.1, 0.15) is 25.0 Å². The standard InChI is InChI=1S/C18H25N5O2S/c24-16(12-15-13-23-10-11-26-18(23)19-15)22-8-6-20(7-9-22)14-17(25)21-4-2-1-3-5-21/h10-11,13H,1-9,12,14H2. The van der Waals surface area contributed by atoms with Crippen LogP contribution in [0.25, 0.3) is 4.96 Å². The SMILES string of the molecule is O=C(Cc1cn2ccsc2n1)N1CCN(CC(=O)N2CCCCC2)CC1. The number of amides is 2. The quantitative estimate of drug-likeness (QED) is 0.803. The first kappa shape index (κ1) is 17.5. The average Bonchev–Trinajstić information content (AvgIpc) is 3.24. The van der Waals surface area contributed by atoms with E-state index in [0.717, 1.165) is 49.7 Å². The van der Waals surface area contributed by atoms with Crippen molar-refractivity contribution in [3.05, 3.63) is 23.5 Å². The minimum absolute atomic E-state index is 0.123. The molecule has 0 spiro atoms. The number of rotatable bonds is 4. The van der Waals surface area contributed by atoms with Crippen LogP contribution in [-0.4, -0.2) is 81.7 Å². The molecule has 2 fully saturated rings. The van der Waals surface area contributed by atoms with E-state index in [2.05, 4.69) is 9.88 Å². The Morgan fingerprint density at radius 3 is 2.42 bits per heavy atom. The van der Waals surface area contributed by atoms with Crippen molar-refractivity contribution in [2.45, 2.75) is 25.7 Å². The van der Waals surface area contributed by atoms with Crippen LogP contribution in [0.15, 0.2) is 17.8 Å². The van der Waals surface area contributed by atoms with Gasteiger partial charge in [0.05, 0.1) is 18.7 Å². The molecule has 0 radical (unpaired) electrons. The molecule has 0 atom stereocenters. The lowest BCUT2D eigenvalue weighted by molar-refractivity contribution is -0.135. The van der Waals surface area contributed by atoms with Gasteiger partial charge in [-0.1, -0.05) is 0 Å². The number of likely N-dealkylation sites (tertiary alicyclic amines) is 1. The lowest BCUT2D eigenvalue weighted by Crippen LogP contribution is -2.52. The Hall–Kier alpha value is -1.93. The van der Waals surface area contributed by atoms with E-state index in [1.807, 2.05) is 32.0 Å². The van der Waals surface area contributed by atoms with Gasteiger partial charge in [-0.25, -0.2) is 4.98 Å². The Balaban J connectivity index is 1.24. The highest BCUT2D eigenvalue weighted by molar-refractivity contribution is 7.15. The molecule has 7 nitrogen and oxygen atoms in total. The van der Waals surface area contributed by atoms with E-state index in [0.29, 0.717) is 26.1 Å². The summed E-state index contributed by atoms with van der Waals surface area (Å²) in [6, 6.07) is 0. The molecule has 0 saturated carbocycles. The van der Waals surface area contributed by atoms with Crippen molar-refractivity contribution in [2.75, 3.05) is 45.8 Å². The van der Waals surface area contributed by atoms with Gasteiger partial charge in [-0.3, -0.25) is 18.9 Å². The van der Waals surface area contributed by atoms with Crippen LogP contribution in [0.3, 0.4) is 0 Å². The Kier molecular flexibility index (Phi) is 5.21. The predicted octanol–water partition coefficient (Wildman–Crippen LogP) is 1.09. The highest BCUT2D eigenvalue weighted by Crippen LogP contribution is 2.14. The Morgan fingerprint density at radius 1 is 0.962 bits per heavy atom. The lowest BCUT2D eigenvalue weighted by Gasteiger charge is -2.36. The highest BCUT2D eigenvalue weighted by atomic mass is 32.1. The van der Waals surface area contributed by atoms with Crippen LogP contribution < -0.4 is 0 Å². The van der Waals surface area contributed by atoms with Crippen LogP contribution in [0.4, 0.5) is 0 Å². The zero-order valence-corrected chi connectivity index (χ0v) is 15.8. The molecule has 0 aliphatic carbocycles. The molecule has 4 heterocycles. The number of piperazine rings is 1. The number of hydrogen-bond donors (Lipinski definition) is 0. The van der Waals surface area contributed by atoms with Crippen LogP contribution in [0.5, 0.6) is 0 Å². The fraction of sp³-hybridized carbons (Fsp3) is 0.611. The summed E-state index contributed by atoms with van der Waals surface area (Å²) in [6.45, 7) is 5.20. The first-order valence-electron chi connectivity index (χ1n) is 9.38. The monoisotopic (exact) mass is 375 g/mol. The van der Waals surface area contributed by atoms with Crippen molar-refractivity contribution >= 4 is 28.1 Å². The van der Waals surface area contributed by atoms with Gasteiger partial charge in [0.1, 0.15) is 0 Å². The van der Waals surface area contributed by atoms with E-state index in [9.17, 15) is 9.59 Å². The van der Waals surface area contributed by atoms with Gasteiger partial charge in [-0.2, -0.15) is 0 Å². The molecule has 0 aromatic carbocycles. The largest absolute Gasteiger partial charge is 0.342 e. The van der Waals surface area contributed by atoms with Gasteiger partial charge in [-0.15, -0.1) is 11.3 Å². The maximum Gasteiger partial charge on any atom is 0.236 e. The normalized spacial score (nSPS) is 19.2. The van der Waals surface area contributed by atoms with E-state index in [-0.39, 0.29) is 11.8 Å². The summed E-state index contributed by atoms with van der Waals surface area (Å²) in [7, 11) is 0. The summed E-state index contributed by atoms with van der Waals surface area (Å²) in [6.07, 6.45) is 7.72. The minimum Gasteiger partial charge on any atom is -0.342 e. The second-order valence-corrected chi connectivity index (χ2v) is 7.97. The molecule has 2 aliphatic rings. The number of carbonyl (C=O) groups excluding carboxylic acids is 2. The highest BCUT2D eigenvalue weighted by Gasteiger charge is 2.25. The average molecular weight is 375 g/mol. The number of thiazole rings is 1.